The summed E-state index contributed by atoms with van der Waals surface area (Å²) in [4.78, 5) is 12.9. The van der Waals surface area contributed by atoms with Gasteiger partial charge in [-0.25, -0.2) is 17.6 Å². The molecular formula is C33H32ClFN4O5S. The largest absolute Gasteiger partial charge is 0.493 e. The summed E-state index contributed by atoms with van der Waals surface area (Å²) in [6.07, 6.45) is 2.77. The van der Waals surface area contributed by atoms with Crippen LogP contribution in [0.15, 0.2) is 48.5 Å². The second-order valence-corrected chi connectivity index (χ2v) is 14.2. The Morgan fingerprint density at radius 1 is 1.16 bits per heavy atom. The molecule has 7 rings (SSSR count). The van der Waals surface area contributed by atoms with Crippen molar-refractivity contribution in [1.82, 2.24) is 19.1 Å². The van der Waals surface area contributed by atoms with Crippen LogP contribution in [0.1, 0.15) is 53.1 Å². The summed E-state index contributed by atoms with van der Waals surface area (Å²) in [6.45, 7) is 2.49. The Morgan fingerprint density at radius 3 is 2.73 bits per heavy atom. The first-order valence-corrected chi connectivity index (χ1v) is 17.0. The number of aromatic carboxylic acids is 1. The zero-order chi connectivity index (χ0) is 31.5. The molecule has 0 amide bonds. The summed E-state index contributed by atoms with van der Waals surface area (Å²) in [5.41, 5.74) is 4.06. The van der Waals surface area contributed by atoms with Crippen molar-refractivity contribution in [3.8, 4) is 16.9 Å². The summed E-state index contributed by atoms with van der Waals surface area (Å²) < 4.78 is 50.2. The summed E-state index contributed by atoms with van der Waals surface area (Å²) in [5, 5.41) is 20.8. The first kappa shape index (κ1) is 29.8. The number of carboxylic acids is 1. The lowest BCUT2D eigenvalue weighted by molar-refractivity contribution is 0.0684. The highest BCUT2D eigenvalue weighted by Gasteiger charge is 2.39. The number of H-pyrrole nitrogens is 1. The maximum Gasteiger partial charge on any atom is 0.352 e. The molecule has 1 saturated carbocycles. The van der Waals surface area contributed by atoms with Crippen LogP contribution in [0.2, 0.25) is 5.02 Å². The van der Waals surface area contributed by atoms with Crippen molar-refractivity contribution in [2.24, 2.45) is 0 Å². The highest BCUT2D eigenvalue weighted by molar-refractivity contribution is 7.89. The van der Waals surface area contributed by atoms with E-state index in [2.05, 4.69) is 10.2 Å². The molecule has 3 heterocycles. The molecule has 5 aromatic rings. The highest BCUT2D eigenvalue weighted by Crippen LogP contribution is 2.43. The minimum atomic E-state index is -3.62. The number of aromatic nitrogens is 3. The third-order valence-corrected chi connectivity index (χ3v) is 11.0. The number of hydrogen-bond donors (Lipinski definition) is 2. The molecular weight excluding hydrogens is 619 g/mol. The van der Waals surface area contributed by atoms with Gasteiger partial charge in [-0.1, -0.05) is 29.8 Å². The monoisotopic (exact) mass is 650 g/mol. The normalized spacial score (nSPS) is 16.9. The van der Waals surface area contributed by atoms with Gasteiger partial charge in [-0.2, -0.15) is 9.40 Å². The van der Waals surface area contributed by atoms with E-state index in [1.54, 1.807) is 21.0 Å². The lowest BCUT2D eigenvalue weighted by Crippen LogP contribution is -2.35. The average Bonchev–Trinajstić information content (AvgIpc) is 3.70. The van der Waals surface area contributed by atoms with Crippen molar-refractivity contribution in [2.45, 2.75) is 58.2 Å². The highest BCUT2D eigenvalue weighted by atomic mass is 35.5. The number of fused-ring (bicyclic) bond motifs is 3. The number of nitrogens with zero attached hydrogens (tertiary/aromatic N) is 3. The van der Waals surface area contributed by atoms with Crippen molar-refractivity contribution in [3.05, 3.63) is 82.0 Å². The van der Waals surface area contributed by atoms with Crippen LogP contribution >= 0.6 is 11.6 Å². The molecule has 234 valence electrons. The standard InChI is InChI=1S/C33H32ClFN4O5S/c1-19-29-27(37-36-19)18-39(22-9-10-22)45(42,43)16-4-14-38-31-25(12-13-26(34)30(29)31)24(32(38)33(40)41)6-3-15-44-28-7-2-5-20-17-21(35)8-11-23(20)28/h2,5,7-8,11-13,17,22H,3-4,6,9-10,14-16,18H2,1H3,(H,36,37)(H,40,41). The Kier molecular flexibility index (Phi) is 7.58. The molecule has 2 aliphatic rings. The summed E-state index contributed by atoms with van der Waals surface area (Å²) in [6, 6.07) is 13.6. The first-order valence-electron chi connectivity index (χ1n) is 15.1. The number of carboxylic acid groups (broad SMARTS) is 1. The molecule has 1 aliphatic heterocycles. The van der Waals surface area contributed by atoms with Gasteiger partial charge in [0.1, 0.15) is 17.3 Å². The van der Waals surface area contributed by atoms with Gasteiger partial charge in [-0.15, -0.1) is 0 Å². The predicted octanol–water partition coefficient (Wildman–Crippen LogP) is 6.69. The van der Waals surface area contributed by atoms with Crippen LogP contribution in [0.4, 0.5) is 4.39 Å². The molecule has 12 heteroatoms. The number of sulfonamides is 1. The SMILES string of the molecule is Cc1[nH]nc2c1-c1c(Cl)ccc3c(CCCOc4cccc5cc(F)ccc45)c(C(=O)O)n(c13)CCCS(=O)(=O)N(C1CC1)C2. The van der Waals surface area contributed by atoms with Crippen molar-refractivity contribution in [2.75, 3.05) is 12.4 Å². The summed E-state index contributed by atoms with van der Waals surface area (Å²) >= 11 is 6.91. The lowest BCUT2D eigenvalue weighted by atomic mass is 9.98. The molecule has 0 saturated heterocycles. The van der Waals surface area contributed by atoms with Crippen LogP contribution in [-0.2, 0) is 29.5 Å². The second kappa shape index (κ2) is 11.5. The molecule has 1 aliphatic carbocycles. The van der Waals surface area contributed by atoms with Crippen LogP contribution in [0.25, 0.3) is 32.8 Å². The fourth-order valence-corrected chi connectivity index (χ4v) is 8.61. The molecule has 0 bridgehead atoms. The van der Waals surface area contributed by atoms with Crippen molar-refractivity contribution >= 4 is 49.3 Å². The van der Waals surface area contributed by atoms with Gasteiger partial charge in [0, 0.05) is 40.2 Å². The molecule has 3 aromatic carbocycles. The van der Waals surface area contributed by atoms with Crippen molar-refractivity contribution in [1.29, 1.82) is 0 Å². The van der Waals surface area contributed by atoms with Gasteiger partial charge in [0.05, 0.1) is 35.1 Å². The molecule has 2 N–H and O–H groups in total. The number of hydrogen-bond acceptors (Lipinski definition) is 5. The Morgan fingerprint density at radius 2 is 1.96 bits per heavy atom. The average molecular weight is 651 g/mol. The van der Waals surface area contributed by atoms with Crippen LogP contribution in [-0.4, -0.2) is 57.0 Å². The van der Waals surface area contributed by atoms with E-state index in [4.69, 9.17) is 16.3 Å². The molecule has 1 fully saturated rings. The number of aromatic amines is 1. The molecule has 0 atom stereocenters. The predicted molar refractivity (Wildman–Crippen MR) is 171 cm³/mol. The third kappa shape index (κ3) is 5.36. The number of carbonyl (C=O) groups is 1. The minimum Gasteiger partial charge on any atom is -0.493 e. The number of halogens is 2. The number of ether oxygens (including phenoxy) is 1. The Labute approximate surface area is 264 Å². The van der Waals surface area contributed by atoms with E-state index in [0.717, 1.165) is 34.7 Å². The van der Waals surface area contributed by atoms with Gasteiger partial charge in [0.25, 0.3) is 0 Å². The van der Waals surface area contributed by atoms with E-state index in [-0.39, 0.29) is 42.8 Å². The molecule has 45 heavy (non-hydrogen) atoms. The molecule has 2 aromatic heterocycles. The van der Waals surface area contributed by atoms with Crippen LogP contribution in [0.3, 0.4) is 0 Å². The van der Waals surface area contributed by atoms with E-state index in [9.17, 15) is 22.7 Å². The Hall–Kier alpha value is -3.93. The van der Waals surface area contributed by atoms with Gasteiger partial charge in [0.15, 0.2) is 0 Å². The molecule has 0 spiro atoms. The Balaban J connectivity index is 1.30. The van der Waals surface area contributed by atoms with Gasteiger partial charge in [-0.3, -0.25) is 5.10 Å². The summed E-state index contributed by atoms with van der Waals surface area (Å²) in [5.74, 6) is -0.893. The van der Waals surface area contributed by atoms with Gasteiger partial charge in [0.2, 0.25) is 10.0 Å². The number of nitrogens with one attached hydrogen (secondary N) is 1. The Bertz CT molecular complexity index is 2090. The number of aryl methyl sites for hydroxylation is 3. The van der Waals surface area contributed by atoms with Crippen molar-refractivity contribution in [3.63, 3.8) is 0 Å². The third-order valence-electron chi connectivity index (χ3n) is 8.78. The van der Waals surface area contributed by atoms with Gasteiger partial charge in [-0.05, 0) is 80.3 Å². The maximum absolute atomic E-state index is 13.7. The lowest BCUT2D eigenvalue weighted by Gasteiger charge is -2.21. The van der Waals surface area contributed by atoms with E-state index >= 15 is 0 Å². The topological polar surface area (TPSA) is 118 Å². The first-order chi connectivity index (χ1) is 21.6. The van der Waals surface area contributed by atoms with E-state index in [1.807, 2.05) is 31.2 Å². The van der Waals surface area contributed by atoms with E-state index in [0.29, 0.717) is 58.1 Å². The fourth-order valence-electron chi connectivity index (χ4n) is 6.65. The van der Waals surface area contributed by atoms with Crippen LogP contribution < -0.4 is 4.74 Å². The smallest absolute Gasteiger partial charge is 0.352 e. The van der Waals surface area contributed by atoms with Crippen LogP contribution in [0.5, 0.6) is 5.75 Å². The molecule has 0 unspecified atom stereocenters. The minimum absolute atomic E-state index is 0.0516. The van der Waals surface area contributed by atoms with Crippen LogP contribution in [0, 0.1) is 12.7 Å². The van der Waals surface area contributed by atoms with E-state index < -0.39 is 16.0 Å². The zero-order valence-electron chi connectivity index (χ0n) is 24.6. The number of benzene rings is 3. The molecule has 9 nitrogen and oxygen atoms in total. The molecule has 0 radical (unpaired) electrons. The maximum atomic E-state index is 13.7. The number of rotatable bonds is 7. The van der Waals surface area contributed by atoms with Gasteiger partial charge < -0.3 is 14.4 Å². The van der Waals surface area contributed by atoms with E-state index in [1.165, 1.54) is 12.1 Å². The second-order valence-electron chi connectivity index (χ2n) is 11.8. The zero-order valence-corrected chi connectivity index (χ0v) is 26.2. The quantitative estimate of drug-likeness (QED) is 0.190. The van der Waals surface area contributed by atoms with Gasteiger partial charge >= 0.3 is 5.97 Å². The van der Waals surface area contributed by atoms with Crippen molar-refractivity contribution < 1.29 is 27.4 Å². The fraction of sp³-hybridized carbons (Fsp3) is 0.333. The summed E-state index contributed by atoms with van der Waals surface area (Å²) in [7, 11) is -3.62.